The summed E-state index contributed by atoms with van der Waals surface area (Å²) in [7, 11) is 1.56. The number of guanidine groups is 1. The number of hydrogen-bond donors (Lipinski definition) is 2. The molecular weight excluding hydrogens is 378 g/mol. The van der Waals surface area contributed by atoms with Gasteiger partial charge in [0, 0.05) is 32.1 Å². The number of methoxy groups -OCH3 is 1. The van der Waals surface area contributed by atoms with Gasteiger partial charge in [-0.25, -0.2) is 0 Å². The molecule has 0 radical (unpaired) electrons. The van der Waals surface area contributed by atoms with Gasteiger partial charge in [-0.2, -0.15) is 0 Å². The molecule has 0 spiro atoms. The monoisotopic (exact) mass is 411 g/mol. The van der Waals surface area contributed by atoms with Crippen molar-refractivity contribution in [3.8, 4) is 11.5 Å². The van der Waals surface area contributed by atoms with E-state index < -0.39 is 0 Å². The molecule has 2 aromatic rings. The lowest BCUT2D eigenvalue weighted by atomic mass is 10.1. The van der Waals surface area contributed by atoms with Crippen LogP contribution in [0.3, 0.4) is 0 Å². The third-order valence-electron chi connectivity index (χ3n) is 5.29. The predicted molar refractivity (Wildman–Crippen MR) is 120 cm³/mol. The first-order valence-corrected chi connectivity index (χ1v) is 10.7. The summed E-state index contributed by atoms with van der Waals surface area (Å²) in [4.78, 5) is 7.15. The minimum absolute atomic E-state index is 0.163. The lowest BCUT2D eigenvalue weighted by molar-refractivity contribution is 0.0907. The Balaban J connectivity index is 1.48. The smallest absolute Gasteiger partial charge is 0.193 e. The van der Waals surface area contributed by atoms with E-state index in [2.05, 4.69) is 29.3 Å². The molecule has 0 aliphatic carbocycles. The molecule has 1 aliphatic heterocycles. The standard InChI is InChI=1S/C24H33N3O3/c1-3-25-24(26-13-11-19-9-10-22(28)23(15-19)29-2)27-14-12-21(16-27)18-30-17-20-7-5-4-6-8-20/h4-10,15,21,28H,3,11-14,16-18H2,1-2H3,(H,25,26). The molecule has 1 aliphatic rings. The lowest BCUT2D eigenvalue weighted by Gasteiger charge is -2.21. The summed E-state index contributed by atoms with van der Waals surface area (Å²) < 4.78 is 11.1. The molecule has 1 heterocycles. The number of ether oxygens (including phenoxy) is 2. The molecule has 6 nitrogen and oxygen atoms in total. The summed E-state index contributed by atoms with van der Waals surface area (Å²) >= 11 is 0. The largest absolute Gasteiger partial charge is 0.504 e. The summed E-state index contributed by atoms with van der Waals surface area (Å²) in [5.74, 6) is 2.16. The molecule has 2 aromatic carbocycles. The zero-order valence-electron chi connectivity index (χ0n) is 18.0. The predicted octanol–water partition coefficient (Wildman–Crippen LogP) is 3.45. The van der Waals surface area contributed by atoms with Gasteiger partial charge in [0.05, 0.1) is 20.3 Å². The Hall–Kier alpha value is -2.73. The highest BCUT2D eigenvalue weighted by Crippen LogP contribution is 2.26. The highest BCUT2D eigenvalue weighted by molar-refractivity contribution is 5.80. The van der Waals surface area contributed by atoms with Crippen molar-refractivity contribution in [1.29, 1.82) is 0 Å². The van der Waals surface area contributed by atoms with E-state index in [1.54, 1.807) is 13.2 Å². The van der Waals surface area contributed by atoms with Crippen LogP contribution in [0.5, 0.6) is 11.5 Å². The van der Waals surface area contributed by atoms with Gasteiger partial charge in [0.2, 0.25) is 0 Å². The molecule has 0 bridgehead atoms. The number of rotatable bonds is 9. The van der Waals surface area contributed by atoms with Crippen LogP contribution in [0, 0.1) is 5.92 Å². The second kappa shape index (κ2) is 11.5. The Morgan fingerprint density at radius 2 is 2.03 bits per heavy atom. The van der Waals surface area contributed by atoms with E-state index in [4.69, 9.17) is 14.5 Å². The summed E-state index contributed by atoms with van der Waals surface area (Å²) in [6.07, 6.45) is 1.91. The van der Waals surface area contributed by atoms with Crippen molar-refractivity contribution < 1.29 is 14.6 Å². The van der Waals surface area contributed by atoms with Crippen molar-refractivity contribution in [3.05, 3.63) is 59.7 Å². The summed E-state index contributed by atoms with van der Waals surface area (Å²) in [6, 6.07) is 15.8. The molecule has 0 aromatic heterocycles. The number of likely N-dealkylation sites (tertiary alicyclic amines) is 1. The normalized spacial score (nSPS) is 16.7. The first-order chi connectivity index (χ1) is 14.7. The molecule has 2 N–H and O–H groups in total. The maximum absolute atomic E-state index is 9.73. The molecule has 3 rings (SSSR count). The number of nitrogens with zero attached hydrogens (tertiary/aromatic N) is 2. The number of phenolic OH excluding ortho intramolecular Hbond substituents is 1. The van der Waals surface area contributed by atoms with Gasteiger partial charge in [0.25, 0.3) is 0 Å². The Kier molecular flexibility index (Phi) is 8.39. The van der Waals surface area contributed by atoms with Crippen molar-refractivity contribution in [2.24, 2.45) is 10.9 Å². The fraction of sp³-hybridized carbons (Fsp3) is 0.458. The summed E-state index contributed by atoms with van der Waals surface area (Å²) in [6.45, 7) is 7.03. The zero-order chi connectivity index (χ0) is 21.2. The first kappa shape index (κ1) is 22.0. The van der Waals surface area contributed by atoms with Gasteiger partial charge < -0.3 is 24.8 Å². The Morgan fingerprint density at radius 3 is 2.80 bits per heavy atom. The van der Waals surface area contributed by atoms with Crippen LogP contribution >= 0.6 is 0 Å². The van der Waals surface area contributed by atoms with Crippen LogP contribution in [-0.2, 0) is 17.8 Å². The van der Waals surface area contributed by atoms with Crippen molar-refractivity contribution in [2.45, 2.75) is 26.4 Å². The van der Waals surface area contributed by atoms with Gasteiger partial charge >= 0.3 is 0 Å². The Bertz CT molecular complexity index is 811. The highest BCUT2D eigenvalue weighted by Gasteiger charge is 2.25. The number of benzene rings is 2. The first-order valence-electron chi connectivity index (χ1n) is 10.7. The molecule has 162 valence electrons. The van der Waals surface area contributed by atoms with Crippen LogP contribution in [0.15, 0.2) is 53.5 Å². The molecular formula is C24H33N3O3. The SMILES string of the molecule is CCNC(=NCCc1ccc(O)c(OC)c1)N1CCC(COCc2ccccc2)C1. The average molecular weight is 412 g/mol. The van der Waals surface area contributed by atoms with E-state index in [1.807, 2.05) is 30.3 Å². The molecule has 1 atom stereocenters. The van der Waals surface area contributed by atoms with Crippen LogP contribution in [0.4, 0.5) is 0 Å². The number of aromatic hydroxyl groups is 1. The van der Waals surface area contributed by atoms with Crippen molar-refractivity contribution >= 4 is 5.96 Å². The Labute approximate surface area is 179 Å². The van der Waals surface area contributed by atoms with Gasteiger partial charge in [-0.15, -0.1) is 0 Å². The van der Waals surface area contributed by atoms with Crippen molar-refractivity contribution in [3.63, 3.8) is 0 Å². The van der Waals surface area contributed by atoms with Gasteiger partial charge in [-0.3, -0.25) is 4.99 Å². The lowest BCUT2D eigenvalue weighted by Crippen LogP contribution is -2.40. The van der Waals surface area contributed by atoms with E-state index in [0.29, 0.717) is 24.8 Å². The second-order valence-corrected chi connectivity index (χ2v) is 7.59. The molecule has 0 saturated carbocycles. The topological polar surface area (TPSA) is 66.3 Å². The van der Waals surface area contributed by atoms with Crippen LogP contribution in [0.25, 0.3) is 0 Å². The Morgan fingerprint density at radius 1 is 1.20 bits per heavy atom. The minimum atomic E-state index is 0.163. The van der Waals surface area contributed by atoms with E-state index >= 15 is 0 Å². The fourth-order valence-corrected chi connectivity index (χ4v) is 3.67. The third kappa shape index (κ3) is 6.39. The van der Waals surface area contributed by atoms with Crippen LogP contribution in [0.1, 0.15) is 24.5 Å². The van der Waals surface area contributed by atoms with E-state index in [1.165, 1.54) is 5.56 Å². The van der Waals surface area contributed by atoms with E-state index in [0.717, 1.165) is 50.6 Å². The molecule has 6 heteroatoms. The molecule has 1 saturated heterocycles. The van der Waals surface area contributed by atoms with Gasteiger partial charge in [0.15, 0.2) is 17.5 Å². The number of aliphatic imine (C=N–C) groups is 1. The van der Waals surface area contributed by atoms with Gasteiger partial charge in [0.1, 0.15) is 0 Å². The zero-order valence-corrected chi connectivity index (χ0v) is 18.0. The van der Waals surface area contributed by atoms with Crippen LogP contribution in [-0.4, -0.2) is 55.9 Å². The maximum Gasteiger partial charge on any atom is 0.193 e. The fourth-order valence-electron chi connectivity index (χ4n) is 3.67. The number of hydrogen-bond acceptors (Lipinski definition) is 4. The molecule has 30 heavy (non-hydrogen) atoms. The van der Waals surface area contributed by atoms with Crippen LogP contribution in [0.2, 0.25) is 0 Å². The van der Waals surface area contributed by atoms with E-state index in [-0.39, 0.29) is 5.75 Å². The maximum atomic E-state index is 9.73. The third-order valence-corrected chi connectivity index (χ3v) is 5.29. The molecule has 0 amide bonds. The molecule has 1 fully saturated rings. The highest BCUT2D eigenvalue weighted by atomic mass is 16.5. The van der Waals surface area contributed by atoms with Gasteiger partial charge in [-0.05, 0) is 43.0 Å². The summed E-state index contributed by atoms with van der Waals surface area (Å²) in [5, 5.41) is 13.1. The number of nitrogens with one attached hydrogen (secondary N) is 1. The van der Waals surface area contributed by atoms with Crippen molar-refractivity contribution in [2.75, 3.05) is 39.9 Å². The summed E-state index contributed by atoms with van der Waals surface area (Å²) in [5.41, 5.74) is 2.31. The minimum Gasteiger partial charge on any atom is -0.504 e. The second-order valence-electron chi connectivity index (χ2n) is 7.59. The van der Waals surface area contributed by atoms with Crippen molar-refractivity contribution in [1.82, 2.24) is 10.2 Å². The quantitative estimate of drug-likeness (QED) is 0.489. The van der Waals surface area contributed by atoms with Gasteiger partial charge in [-0.1, -0.05) is 36.4 Å². The molecule has 1 unspecified atom stereocenters. The number of phenols is 1. The van der Waals surface area contributed by atoms with E-state index in [9.17, 15) is 5.11 Å². The van der Waals surface area contributed by atoms with Crippen LogP contribution < -0.4 is 10.1 Å². The average Bonchev–Trinajstić information content (AvgIpc) is 3.24.